The summed E-state index contributed by atoms with van der Waals surface area (Å²) in [5.74, 6) is 0.444. The van der Waals surface area contributed by atoms with Gasteiger partial charge in [-0.25, -0.2) is 0 Å². The Hall–Kier alpha value is -1.22. The summed E-state index contributed by atoms with van der Waals surface area (Å²) >= 11 is 5.86. The molecule has 4 heteroatoms. The first-order valence-corrected chi connectivity index (χ1v) is 7.87. The van der Waals surface area contributed by atoms with Crippen molar-refractivity contribution in [2.24, 2.45) is 0 Å². The molecule has 3 nitrogen and oxygen atoms in total. The number of carbonyl (C=O) groups excluding carboxylic acids is 1. The zero-order valence-corrected chi connectivity index (χ0v) is 13.0. The second-order valence-corrected chi connectivity index (χ2v) is 5.31. The van der Waals surface area contributed by atoms with E-state index in [1.54, 1.807) is 6.08 Å². The van der Waals surface area contributed by atoms with Gasteiger partial charge in [0.05, 0.1) is 5.92 Å². The van der Waals surface area contributed by atoms with Gasteiger partial charge in [-0.2, -0.15) is 0 Å². The molecule has 0 spiro atoms. The maximum atomic E-state index is 12.7. The molecule has 1 amide bonds. The maximum absolute atomic E-state index is 12.7. The van der Waals surface area contributed by atoms with E-state index in [0.717, 1.165) is 31.5 Å². The van der Waals surface area contributed by atoms with E-state index in [-0.39, 0.29) is 11.8 Å². The van der Waals surface area contributed by atoms with Gasteiger partial charge in [0, 0.05) is 30.9 Å². The number of halogens is 1. The predicted molar refractivity (Wildman–Crippen MR) is 85.2 cm³/mol. The van der Waals surface area contributed by atoms with Gasteiger partial charge in [-0.3, -0.25) is 4.79 Å². The molecule has 0 bridgehead atoms. The Labute approximate surface area is 127 Å². The smallest absolute Gasteiger partial charge is 0.231 e. The molecule has 1 aromatic rings. The number of amides is 1. The van der Waals surface area contributed by atoms with Crippen LogP contribution in [0.5, 0.6) is 0 Å². The molecule has 20 heavy (non-hydrogen) atoms. The summed E-state index contributed by atoms with van der Waals surface area (Å²) in [6.45, 7) is 7.30. The Morgan fingerprint density at radius 2 is 2.35 bits per heavy atom. The number of aromatic nitrogens is 1. The summed E-state index contributed by atoms with van der Waals surface area (Å²) in [7, 11) is 0. The van der Waals surface area contributed by atoms with E-state index < -0.39 is 0 Å². The largest absolute Gasteiger partial charge is 0.364 e. The number of nitrogens with one attached hydrogen (secondary N) is 1. The van der Waals surface area contributed by atoms with E-state index in [4.69, 9.17) is 11.6 Å². The Balaban J connectivity index is 2.75. The van der Waals surface area contributed by atoms with E-state index in [1.807, 2.05) is 23.2 Å². The fourth-order valence-electron chi connectivity index (χ4n) is 2.30. The first-order valence-electron chi connectivity index (χ1n) is 7.33. The maximum Gasteiger partial charge on any atom is 0.231 e. The standard InChI is InChI=1S/C16H25ClN2O/c1-3-5-6-13-19(12-4-2)16(20)14(9-10-17)15-8-7-11-18-15/h4,7-8,11,14,18H,2-3,5-6,9-10,12-13H2,1H3. The summed E-state index contributed by atoms with van der Waals surface area (Å²) < 4.78 is 0. The van der Waals surface area contributed by atoms with Crippen molar-refractivity contribution >= 4 is 17.5 Å². The normalized spacial score (nSPS) is 12.1. The molecule has 1 unspecified atom stereocenters. The second kappa shape index (κ2) is 9.65. The lowest BCUT2D eigenvalue weighted by Gasteiger charge is -2.26. The minimum Gasteiger partial charge on any atom is -0.364 e. The highest BCUT2D eigenvalue weighted by Gasteiger charge is 2.25. The van der Waals surface area contributed by atoms with Crippen LogP contribution in [0.4, 0.5) is 0 Å². The zero-order chi connectivity index (χ0) is 14.8. The van der Waals surface area contributed by atoms with Crippen LogP contribution >= 0.6 is 11.6 Å². The Morgan fingerprint density at radius 1 is 1.55 bits per heavy atom. The van der Waals surface area contributed by atoms with E-state index in [0.29, 0.717) is 18.8 Å². The highest BCUT2D eigenvalue weighted by atomic mass is 35.5. The van der Waals surface area contributed by atoms with E-state index in [9.17, 15) is 4.79 Å². The summed E-state index contributed by atoms with van der Waals surface area (Å²) in [4.78, 5) is 17.7. The first kappa shape index (κ1) is 16.8. The third-order valence-electron chi connectivity index (χ3n) is 3.39. The molecule has 0 aliphatic heterocycles. The molecule has 0 aromatic carbocycles. The van der Waals surface area contributed by atoms with Crippen molar-refractivity contribution in [2.75, 3.05) is 19.0 Å². The number of hydrogen-bond acceptors (Lipinski definition) is 1. The lowest BCUT2D eigenvalue weighted by Crippen LogP contribution is -2.36. The van der Waals surface area contributed by atoms with Crippen molar-refractivity contribution in [1.82, 2.24) is 9.88 Å². The van der Waals surface area contributed by atoms with Crippen molar-refractivity contribution in [3.05, 3.63) is 36.7 Å². The van der Waals surface area contributed by atoms with Crippen molar-refractivity contribution < 1.29 is 4.79 Å². The third kappa shape index (κ3) is 5.04. The highest BCUT2D eigenvalue weighted by molar-refractivity contribution is 6.18. The quantitative estimate of drug-likeness (QED) is 0.396. The molecule has 0 saturated heterocycles. The molecule has 0 aliphatic carbocycles. The van der Waals surface area contributed by atoms with E-state index in [2.05, 4.69) is 18.5 Å². The van der Waals surface area contributed by atoms with Gasteiger partial charge in [-0.1, -0.05) is 25.8 Å². The lowest BCUT2D eigenvalue weighted by molar-refractivity contribution is -0.132. The third-order valence-corrected chi connectivity index (χ3v) is 3.60. The van der Waals surface area contributed by atoms with Gasteiger partial charge in [0.15, 0.2) is 0 Å². The van der Waals surface area contributed by atoms with Gasteiger partial charge in [0.1, 0.15) is 0 Å². The van der Waals surface area contributed by atoms with Crippen molar-refractivity contribution in [3.63, 3.8) is 0 Å². The van der Waals surface area contributed by atoms with Gasteiger partial charge in [0.2, 0.25) is 5.91 Å². The second-order valence-electron chi connectivity index (χ2n) is 4.94. The monoisotopic (exact) mass is 296 g/mol. The van der Waals surface area contributed by atoms with Crippen LogP contribution in [0.15, 0.2) is 31.0 Å². The molecule has 1 N–H and O–H groups in total. The highest BCUT2D eigenvalue weighted by Crippen LogP contribution is 2.22. The molecule has 0 radical (unpaired) electrons. The van der Waals surface area contributed by atoms with Crippen molar-refractivity contribution in [1.29, 1.82) is 0 Å². The summed E-state index contributed by atoms with van der Waals surface area (Å²) in [5, 5.41) is 0. The number of rotatable bonds is 10. The van der Waals surface area contributed by atoms with Gasteiger partial charge in [-0.05, 0) is 25.0 Å². The minimum absolute atomic E-state index is 0.143. The molecule has 0 aliphatic rings. The summed E-state index contributed by atoms with van der Waals surface area (Å²) in [6.07, 6.45) is 7.62. The van der Waals surface area contributed by atoms with E-state index >= 15 is 0 Å². The SMILES string of the molecule is C=CCN(CCCCC)C(=O)C(CCCl)c1ccc[nH]1. The van der Waals surface area contributed by atoms with Crippen LogP contribution in [0.3, 0.4) is 0 Å². The molecule has 0 saturated carbocycles. The molecule has 1 rings (SSSR count). The van der Waals surface area contributed by atoms with Crippen LogP contribution in [0.2, 0.25) is 0 Å². The van der Waals surface area contributed by atoms with Crippen molar-refractivity contribution in [3.8, 4) is 0 Å². The summed E-state index contributed by atoms with van der Waals surface area (Å²) in [5.41, 5.74) is 0.945. The lowest BCUT2D eigenvalue weighted by atomic mass is 10.0. The first-order chi connectivity index (χ1) is 9.74. The molecular weight excluding hydrogens is 272 g/mol. The average molecular weight is 297 g/mol. The number of unbranched alkanes of at least 4 members (excludes halogenated alkanes) is 2. The molecule has 1 atom stereocenters. The predicted octanol–water partition coefficient (Wildman–Crippen LogP) is 3.93. The van der Waals surface area contributed by atoms with Crippen LogP contribution in [0, 0.1) is 0 Å². The molecule has 0 fully saturated rings. The fourth-order valence-corrected chi connectivity index (χ4v) is 2.52. The Bertz CT molecular complexity index is 389. The number of nitrogens with zero attached hydrogens (tertiary/aromatic N) is 1. The van der Waals surface area contributed by atoms with Crippen LogP contribution in [0.25, 0.3) is 0 Å². The van der Waals surface area contributed by atoms with E-state index in [1.165, 1.54) is 0 Å². The van der Waals surface area contributed by atoms with Crippen molar-refractivity contribution in [2.45, 2.75) is 38.5 Å². The number of H-pyrrole nitrogens is 1. The van der Waals surface area contributed by atoms with Crippen LogP contribution in [0.1, 0.15) is 44.2 Å². The van der Waals surface area contributed by atoms with Gasteiger partial charge >= 0.3 is 0 Å². The van der Waals surface area contributed by atoms with Crippen LogP contribution in [-0.4, -0.2) is 34.8 Å². The van der Waals surface area contributed by atoms with Crippen LogP contribution in [-0.2, 0) is 4.79 Å². The van der Waals surface area contributed by atoms with Crippen LogP contribution < -0.4 is 0 Å². The summed E-state index contributed by atoms with van der Waals surface area (Å²) in [6, 6.07) is 3.87. The molecule has 1 heterocycles. The Morgan fingerprint density at radius 3 is 2.90 bits per heavy atom. The number of hydrogen-bond donors (Lipinski definition) is 1. The molecule has 112 valence electrons. The number of aromatic amines is 1. The number of alkyl halides is 1. The molecule has 1 aromatic heterocycles. The van der Waals surface area contributed by atoms with Gasteiger partial charge < -0.3 is 9.88 Å². The minimum atomic E-state index is -0.177. The van der Waals surface area contributed by atoms with Gasteiger partial charge in [-0.15, -0.1) is 18.2 Å². The topological polar surface area (TPSA) is 36.1 Å². The zero-order valence-electron chi connectivity index (χ0n) is 12.3. The fraction of sp³-hybridized carbons (Fsp3) is 0.562. The average Bonchev–Trinajstić information content (AvgIpc) is 2.97. The Kier molecular flexibility index (Phi) is 8.12. The molecular formula is C16H25ClN2O. The van der Waals surface area contributed by atoms with Gasteiger partial charge in [0.25, 0.3) is 0 Å². The number of carbonyl (C=O) groups is 1.